The van der Waals surface area contributed by atoms with Gasteiger partial charge >= 0.3 is 7.82 Å². The molecule has 0 radical (unpaired) electrons. The van der Waals surface area contributed by atoms with Gasteiger partial charge in [0.2, 0.25) is 5.91 Å². The van der Waals surface area contributed by atoms with E-state index in [4.69, 9.17) is 14.8 Å². The van der Waals surface area contributed by atoms with E-state index in [1.807, 2.05) is 0 Å². The SMILES string of the molecule is CCC/C=C/CC/C=C/C(O)C(COP(=O)(O)OCCN)NC(=O)CC(O)CCCCCCCCCCCCCC. The van der Waals surface area contributed by atoms with Crippen molar-refractivity contribution in [1.82, 2.24) is 5.32 Å². The maximum absolute atomic E-state index is 12.6. The number of rotatable bonds is 29. The smallest absolute Gasteiger partial charge is 0.393 e. The molecule has 0 fully saturated rings. The predicted octanol–water partition coefficient (Wildman–Crippen LogP) is 6.46. The number of carbonyl (C=O) groups is 1. The second-order valence-electron chi connectivity index (χ2n) is 10.9. The lowest BCUT2D eigenvalue weighted by Gasteiger charge is -2.24. The van der Waals surface area contributed by atoms with Crippen molar-refractivity contribution in [3.63, 3.8) is 0 Å². The molecule has 9 nitrogen and oxygen atoms in total. The van der Waals surface area contributed by atoms with Gasteiger partial charge in [0.15, 0.2) is 0 Å². The Hall–Kier alpha value is -1.06. The number of unbranched alkanes of at least 4 members (excludes halogenated alkanes) is 13. The third-order valence-corrected chi connectivity index (χ3v) is 7.80. The Bertz CT molecular complexity index is 721. The van der Waals surface area contributed by atoms with Gasteiger partial charge in [-0.2, -0.15) is 0 Å². The van der Waals surface area contributed by atoms with Gasteiger partial charge in [-0.1, -0.05) is 122 Å². The van der Waals surface area contributed by atoms with E-state index < -0.39 is 38.6 Å². The second-order valence-corrected chi connectivity index (χ2v) is 12.3. The number of amides is 1. The largest absolute Gasteiger partial charge is 0.472 e. The Morgan fingerprint density at radius 2 is 1.39 bits per heavy atom. The lowest BCUT2D eigenvalue weighted by atomic mass is 10.0. The number of aliphatic hydroxyl groups excluding tert-OH is 2. The van der Waals surface area contributed by atoms with Crippen molar-refractivity contribution in [1.29, 1.82) is 0 Å². The van der Waals surface area contributed by atoms with E-state index in [1.165, 1.54) is 63.9 Å². The minimum Gasteiger partial charge on any atom is -0.393 e. The third kappa shape index (κ3) is 26.3. The molecule has 1 amide bonds. The van der Waals surface area contributed by atoms with Crippen LogP contribution in [0.15, 0.2) is 24.3 Å². The summed E-state index contributed by atoms with van der Waals surface area (Å²) in [5.41, 5.74) is 5.30. The van der Waals surface area contributed by atoms with Crippen molar-refractivity contribution in [2.24, 2.45) is 5.73 Å². The molecule has 0 aromatic carbocycles. The summed E-state index contributed by atoms with van der Waals surface area (Å²) in [5, 5.41) is 23.6. The molecule has 0 aliphatic rings. The molecule has 0 aromatic heterocycles. The molecule has 0 spiro atoms. The molecule has 0 aromatic rings. The first-order valence-corrected chi connectivity index (χ1v) is 17.5. The van der Waals surface area contributed by atoms with E-state index in [1.54, 1.807) is 6.08 Å². The number of hydrogen-bond donors (Lipinski definition) is 5. The quantitative estimate of drug-likeness (QED) is 0.0371. The number of phosphoric ester groups is 1. The number of aliphatic hydroxyl groups is 2. The molecule has 4 unspecified atom stereocenters. The van der Waals surface area contributed by atoms with Crippen LogP contribution in [0, 0.1) is 0 Å². The molecule has 0 aliphatic heterocycles. The maximum Gasteiger partial charge on any atom is 0.472 e. The zero-order chi connectivity index (χ0) is 30.6. The molecule has 0 saturated heterocycles. The zero-order valence-electron chi connectivity index (χ0n) is 25.9. The monoisotopic (exact) mass is 604 g/mol. The van der Waals surface area contributed by atoms with E-state index in [-0.39, 0.29) is 19.6 Å². The summed E-state index contributed by atoms with van der Waals surface area (Å²) < 4.78 is 21.8. The van der Waals surface area contributed by atoms with Crippen molar-refractivity contribution in [2.75, 3.05) is 19.8 Å². The van der Waals surface area contributed by atoms with Gasteiger partial charge in [-0.25, -0.2) is 4.57 Å². The highest BCUT2D eigenvalue weighted by Gasteiger charge is 2.27. The fourth-order valence-corrected chi connectivity index (χ4v) is 5.13. The summed E-state index contributed by atoms with van der Waals surface area (Å²) >= 11 is 0. The zero-order valence-corrected chi connectivity index (χ0v) is 26.8. The van der Waals surface area contributed by atoms with Gasteiger partial charge in [0.1, 0.15) is 0 Å². The lowest BCUT2D eigenvalue weighted by molar-refractivity contribution is -0.124. The number of carbonyl (C=O) groups excluding carboxylic acids is 1. The Morgan fingerprint density at radius 1 is 0.829 bits per heavy atom. The number of phosphoric acid groups is 1. The summed E-state index contributed by atoms with van der Waals surface area (Å²) in [7, 11) is -4.38. The van der Waals surface area contributed by atoms with Gasteiger partial charge in [0.25, 0.3) is 0 Å². The lowest BCUT2D eigenvalue weighted by Crippen LogP contribution is -2.46. The molecule has 0 heterocycles. The predicted molar refractivity (Wildman–Crippen MR) is 167 cm³/mol. The van der Waals surface area contributed by atoms with Crippen LogP contribution in [-0.2, 0) is 18.4 Å². The van der Waals surface area contributed by atoms with E-state index in [0.29, 0.717) is 12.8 Å². The van der Waals surface area contributed by atoms with Crippen LogP contribution in [0.1, 0.15) is 129 Å². The van der Waals surface area contributed by atoms with Crippen LogP contribution in [0.4, 0.5) is 0 Å². The Morgan fingerprint density at radius 3 is 1.98 bits per heavy atom. The van der Waals surface area contributed by atoms with Crippen LogP contribution >= 0.6 is 7.82 Å². The first kappa shape index (κ1) is 39.9. The molecule has 0 aliphatic carbocycles. The number of hydrogen-bond acceptors (Lipinski definition) is 7. The van der Waals surface area contributed by atoms with Crippen molar-refractivity contribution in [3.8, 4) is 0 Å². The van der Waals surface area contributed by atoms with Crippen molar-refractivity contribution < 1.29 is 33.5 Å². The highest BCUT2D eigenvalue weighted by Crippen LogP contribution is 2.43. The van der Waals surface area contributed by atoms with Gasteiger partial charge in [-0.15, -0.1) is 0 Å². The molecule has 242 valence electrons. The summed E-state index contributed by atoms with van der Waals surface area (Å²) in [6.07, 6.45) is 24.4. The second kappa shape index (κ2) is 27.8. The molecule has 4 atom stereocenters. The summed E-state index contributed by atoms with van der Waals surface area (Å²) in [4.78, 5) is 22.4. The standard InChI is InChI=1S/C31H61N2O7P/c1-3-5-7-9-11-12-13-14-15-17-18-20-22-28(34)26-31(36)33-29(27-40-41(37,38)39-25-24-32)30(35)23-21-19-16-10-8-6-4-2/h8,10,21,23,28-30,34-35H,3-7,9,11-20,22,24-27,32H2,1-2H3,(H,33,36)(H,37,38)/b10-8+,23-21+. The van der Waals surface area contributed by atoms with Crippen molar-refractivity contribution in [2.45, 2.75) is 148 Å². The maximum atomic E-state index is 12.6. The Labute approximate surface area is 250 Å². The van der Waals surface area contributed by atoms with Gasteiger partial charge in [0, 0.05) is 6.54 Å². The summed E-state index contributed by atoms with van der Waals surface area (Å²) in [5.74, 6) is -0.462. The average molecular weight is 605 g/mol. The first-order chi connectivity index (χ1) is 19.8. The Kier molecular flexibility index (Phi) is 27.0. The van der Waals surface area contributed by atoms with Crippen LogP contribution in [-0.4, -0.2) is 59.0 Å². The molecule has 10 heteroatoms. The van der Waals surface area contributed by atoms with Crippen LogP contribution in [0.3, 0.4) is 0 Å². The van der Waals surface area contributed by atoms with Crippen LogP contribution in [0.25, 0.3) is 0 Å². The highest BCUT2D eigenvalue weighted by molar-refractivity contribution is 7.47. The van der Waals surface area contributed by atoms with E-state index in [2.05, 4.69) is 31.3 Å². The minimum atomic E-state index is -4.38. The molecule has 0 saturated carbocycles. The van der Waals surface area contributed by atoms with E-state index in [9.17, 15) is 24.5 Å². The molecular formula is C31H61N2O7P. The molecule has 0 bridgehead atoms. The normalized spacial score (nSPS) is 15.8. The van der Waals surface area contributed by atoms with Crippen LogP contribution in [0.5, 0.6) is 0 Å². The minimum absolute atomic E-state index is 0.0449. The number of allylic oxidation sites excluding steroid dienone is 3. The van der Waals surface area contributed by atoms with Gasteiger partial charge < -0.3 is 26.2 Å². The topological polar surface area (TPSA) is 151 Å². The molecular weight excluding hydrogens is 543 g/mol. The average Bonchev–Trinajstić information content (AvgIpc) is 2.94. The van der Waals surface area contributed by atoms with Gasteiger partial charge in [-0.05, 0) is 25.7 Å². The molecule has 41 heavy (non-hydrogen) atoms. The summed E-state index contributed by atoms with van der Waals surface area (Å²) in [6, 6.07) is -0.991. The number of nitrogens with one attached hydrogen (secondary N) is 1. The molecule has 6 N–H and O–H groups in total. The van der Waals surface area contributed by atoms with Gasteiger partial charge in [-0.3, -0.25) is 13.8 Å². The van der Waals surface area contributed by atoms with Crippen LogP contribution in [0.2, 0.25) is 0 Å². The molecule has 0 rings (SSSR count). The van der Waals surface area contributed by atoms with Crippen LogP contribution < -0.4 is 11.1 Å². The highest BCUT2D eigenvalue weighted by atomic mass is 31.2. The van der Waals surface area contributed by atoms with E-state index in [0.717, 1.165) is 38.5 Å². The Balaban J connectivity index is 4.48. The van der Waals surface area contributed by atoms with Crippen molar-refractivity contribution >= 4 is 13.7 Å². The first-order valence-electron chi connectivity index (χ1n) is 16.0. The van der Waals surface area contributed by atoms with E-state index >= 15 is 0 Å². The fourth-order valence-electron chi connectivity index (χ4n) is 4.37. The third-order valence-electron chi connectivity index (χ3n) is 6.82. The van der Waals surface area contributed by atoms with Gasteiger partial charge in [0.05, 0.1) is 37.9 Å². The number of nitrogens with two attached hydrogens (primary N) is 1. The fraction of sp³-hybridized carbons (Fsp3) is 0.839. The summed E-state index contributed by atoms with van der Waals surface area (Å²) in [6.45, 7) is 3.79. The van der Waals surface area contributed by atoms with Crippen molar-refractivity contribution in [3.05, 3.63) is 24.3 Å².